The van der Waals surface area contributed by atoms with Crippen molar-refractivity contribution in [3.8, 4) is 0 Å². The zero-order chi connectivity index (χ0) is 9.80. The summed E-state index contributed by atoms with van der Waals surface area (Å²) < 4.78 is 0. The van der Waals surface area contributed by atoms with Crippen molar-refractivity contribution in [1.82, 2.24) is 0 Å². The van der Waals surface area contributed by atoms with E-state index in [9.17, 15) is 0 Å². The molecule has 2 rings (SSSR count). The third kappa shape index (κ3) is 1.96. The highest BCUT2D eigenvalue weighted by atomic mass is 14.9. The van der Waals surface area contributed by atoms with Crippen LogP contribution in [0.2, 0.25) is 0 Å². The van der Waals surface area contributed by atoms with Crippen molar-refractivity contribution < 1.29 is 0 Å². The second-order valence-corrected chi connectivity index (χ2v) is 3.37. The third-order valence-electron chi connectivity index (χ3n) is 2.28. The fourth-order valence-electron chi connectivity index (χ4n) is 1.51. The van der Waals surface area contributed by atoms with Gasteiger partial charge in [-0.05, 0) is 31.1 Å². The van der Waals surface area contributed by atoms with Gasteiger partial charge in [0.15, 0.2) is 0 Å². The van der Waals surface area contributed by atoms with Crippen LogP contribution in [0.4, 0.5) is 5.69 Å². The van der Waals surface area contributed by atoms with Crippen LogP contribution >= 0.6 is 0 Å². The van der Waals surface area contributed by atoms with Gasteiger partial charge in [-0.3, -0.25) is 0 Å². The van der Waals surface area contributed by atoms with Crippen LogP contribution in [-0.2, 0) is 0 Å². The van der Waals surface area contributed by atoms with Crippen molar-refractivity contribution in [2.75, 3.05) is 5.32 Å². The molecule has 14 heavy (non-hydrogen) atoms. The minimum atomic E-state index is 0.847. The molecule has 0 aromatic heterocycles. The molecule has 72 valence electrons. The second kappa shape index (κ2) is 4.01. The Kier molecular flexibility index (Phi) is 2.54. The van der Waals surface area contributed by atoms with Crippen molar-refractivity contribution in [2.24, 2.45) is 5.73 Å². The summed E-state index contributed by atoms with van der Waals surface area (Å²) in [7, 11) is 0. The lowest BCUT2D eigenvalue weighted by molar-refractivity contribution is 0.939. The lowest BCUT2D eigenvalue weighted by Crippen LogP contribution is -2.10. The summed E-state index contributed by atoms with van der Waals surface area (Å²) >= 11 is 0. The molecular formula is C12H14N2. The van der Waals surface area contributed by atoms with E-state index in [1.54, 1.807) is 0 Å². The molecule has 0 radical (unpaired) electrons. The maximum Gasteiger partial charge on any atom is 0.0507 e. The molecule has 0 amide bonds. The molecule has 0 heterocycles. The van der Waals surface area contributed by atoms with Gasteiger partial charge in [-0.15, -0.1) is 0 Å². The van der Waals surface area contributed by atoms with E-state index in [1.807, 2.05) is 36.4 Å². The van der Waals surface area contributed by atoms with E-state index in [0.29, 0.717) is 0 Å². The average Bonchev–Trinajstić information content (AvgIpc) is 2.23. The van der Waals surface area contributed by atoms with E-state index in [0.717, 1.165) is 29.9 Å². The summed E-state index contributed by atoms with van der Waals surface area (Å²) in [5.41, 5.74) is 8.93. The van der Waals surface area contributed by atoms with E-state index in [1.165, 1.54) is 0 Å². The van der Waals surface area contributed by atoms with Gasteiger partial charge < -0.3 is 11.1 Å². The quantitative estimate of drug-likeness (QED) is 0.745. The molecule has 0 fully saturated rings. The number of allylic oxidation sites excluding steroid dienone is 3. The summed E-state index contributed by atoms with van der Waals surface area (Å²) in [6.45, 7) is 0. The first kappa shape index (κ1) is 8.88. The highest BCUT2D eigenvalue weighted by Gasteiger charge is 2.04. The SMILES string of the molecule is NC1=C(Nc2ccccc2)CCC=C1. The topological polar surface area (TPSA) is 38.0 Å². The number of hydrogen-bond donors (Lipinski definition) is 2. The molecule has 0 unspecified atom stereocenters. The van der Waals surface area contributed by atoms with E-state index < -0.39 is 0 Å². The van der Waals surface area contributed by atoms with Crippen LogP contribution in [0.5, 0.6) is 0 Å². The van der Waals surface area contributed by atoms with Crippen LogP contribution in [0.25, 0.3) is 0 Å². The number of hydrogen-bond acceptors (Lipinski definition) is 2. The van der Waals surface area contributed by atoms with E-state index >= 15 is 0 Å². The molecule has 1 aromatic rings. The molecule has 1 aliphatic carbocycles. The molecule has 3 N–H and O–H groups in total. The first-order valence-corrected chi connectivity index (χ1v) is 4.83. The monoisotopic (exact) mass is 186 g/mol. The van der Waals surface area contributed by atoms with Crippen LogP contribution in [-0.4, -0.2) is 0 Å². The Morgan fingerprint density at radius 3 is 2.64 bits per heavy atom. The van der Waals surface area contributed by atoms with Gasteiger partial charge in [-0.1, -0.05) is 24.3 Å². The van der Waals surface area contributed by atoms with Crippen LogP contribution in [0.1, 0.15) is 12.8 Å². The summed E-state index contributed by atoms with van der Waals surface area (Å²) in [5.74, 6) is 0. The molecule has 1 aromatic carbocycles. The first-order chi connectivity index (χ1) is 6.86. The maximum atomic E-state index is 5.86. The van der Waals surface area contributed by atoms with Gasteiger partial charge in [-0.2, -0.15) is 0 Å². The first-order valence-electron chi connectivity index (χ1n) is 4.83. The van der Waals surface area contributed by atoms with Crippen molar-refractivity contribution in [2.45, 2.75) is 12.8 Å². The van der Waals surface area contributed by atoms with E-state index in [4.69, 9.17) is 5.73 Å². The van der Waals surface area contributed by atoms with Gasteiger partial charge in [0, 0.05) is 11.4 Å². The van der Waals surface area contributed by atoms with E-state index in [2.05, 4.69) is 11.4 Å². The average molecular weight is 186 g/mol. The van der Waals surface area contributed by atoms with Crippen molar-refractivity contribution in [1.29, 1.82) is 0 Å². The number of nitrogens with two attached hydrogens (primary N) is 1. The Bertz CT molecular complexity index is 363. The molecule has 0 aliphatic heterocycles. The lowest BCUT2D eigenvalue weighted by Gasteiger charge is -2.15. The minimum Gasteiger partial charge on any atom is -0.397 e. The Labute approximate surface area is 84.1 Å². The normalized spacial score (nSPS) is 15.7. The van der Waals surface area contributed by atoms with Gasteiger partial charge in [0.25, 0.3) is 0 Å². The minimum absolute atomic E-state index is 0.847. The fraction of sp³-hybridized carbons (Fsp3) is 0.167. The predicted octanol–water partition coefficient (Wildman–Crippen LogP) is 2.62. The van der Waals surface area contributed by atoms with Crippen molar-refractivity contribution in [3.05, 3.63) is 53.9 Å². The third-order valence-corrected chi connectivity index (χ3v) is 2.28. The fourth-order valence-corrected chi connectivity index (χ4v) is 1.51. The van der Waals surface area contributed by atoms with Crippen LogP contribution in [0.15, 0.2) is 53.9 Å². The zero-order valence-electron chi connectivity index (χ0n) is 8.03. The predicted molar refractivity (Wildman–Crippen MR) is 59.7 cm³/mol. The largest absolute Gasteiger partial charge is 0.397 e. The summed E-state index contributed by atoms with van der Waals surface area (Å²) in [6, 6.07) is 10.1. The molecule has 0 saturated heterocycles. The molecule has 2 nitrogen and oxygen atoms in total. The summed E-state index contributed by atoms with van der Waals surface area (Å²) in [5, 5.41) is 3.33. The Morgan fingerprint density at radius 1 is 1.14 bits per heavy atom. The molecule has 0 saturated carbocycles. The van der Waals surface area contributed by atoms with Crippen molar-refractivity contribution >= 4 is 5.69 Å². The van der Waals surface area contributed by atoms with Gasteiger partial charge in [0.1, 0.15) is 0 Å². The van der Waals surface area contributed by atoms with Gasteiger partial charge in [0.05, 0.1) is 5.70 Å². The Balaban J connectivity index is 2.15. The molecule has 1 aliphatic rings. The zero-order valence-corrected chi connectivity index (χ0v) is 8.03. The Morgan fingerprint density at radius 2 is 1.93 bits per heavy atom. The lowest BCUT2D eigenvalue weighted by atomic mass is 10.1. The summed E-state index contributed by atoms with van der Waals surface area (Å²) in [6.07, 6.45) is 6.13. The second-order valence-electron chi connectivity index (χ2n) is 3.37. The number of para-hydroxylation sites is 1. The molecule has 2 heteroatoms. The standard InChI is InChI=1S/C12H14N2/c13-11-8-4-5-9-12(11)14-10-6-2-1-3-7-10/h1-4,6-8,14H,5,9,13H2. The highest BCUT2D eigenvalue weighted by Crippen LogP contribution is 2.18. The smallest absolute Gasteiger partial charge is 0.0507 e. The molecule has 0 bridgehead atoms. The number of benzene rings is 1. The highest BCUT2D eigenvalue weighted by molar-refractivity contribution is 5.50. The maximum absolute atomic E-state index is 5.86. The van der Waals surface area contributed by atoms with Gasteiger partial charge in [0.2, 0.25) is 0 Å². The van der Waals surface area contributed by atoms with Crippen LogP contribution in [0.3, 0.4) is 0 Å². The number of rotatable bonds is 2. The van der Waals surface area contributed by atoms with Crippen molar-refractivity contribution in [3.63, 3.8) is 0 Å². The molecule has 0 spiro atoms. The molecular weight excluding hydrogens is 172 g/mol. The van der Waals surface area contributed by atoms with E-state index in [-0.39, 0.29) is 0 Å². The van der Waals surface area contributed by atoms with Gasteiger partial charge >= 0.3 is 0 Å². The molecule has 0 atom stereocenters. The van der Waals surface area contributed by atoms with Crippen LogP contribution in [0, 0.1) is 0 Å². The number of anilines is 1. The Hall–Kier alpha value is -1.70. The summed E-state index contributed by atoms with van der Waals surface area (Å²) in [4.78, 5) is 0. The number of nitrogens with one attached hydrogen (secondary N) is 1. The van der Waals surface area contributed by atoms with Crippen LogP contribution < -0.4 is 11.1 Å². The van der Waals surface area contributed by atoms with Gasteiger partial charge in [-0.25, -0.2) is 0 Å².